The van der Waals surface area contributed by atoms with Gasteiger partial charge in [-0.3, -0.25) is 4.68 Å². The number of nitrogens with two attached hydrogens (primary N) is 1. The van der Waals surface area contributed by atoms with Gasteiger partial charge in [0.15, 0.2) is 0 Å². The zero-order valence-electron chi connectivity index (χ0n) is 10.9. The van der Waals surface area contributed by atoms with Crippen LogP contribution in [0.4, 0.5) is 15.9 Å². The minimum atomic E-state index is -0.191. The molecule has 1 fully saturated rings. The van der Waals surface area contributed by atoms with E-state index in [1.165, 1.54) is 6.07 Å². The first-order chi connectivity index (χ1) is 9.15. The number of rotatable bonds is 2. The molecule has 0 saturated carbocycles. The van der Waals surface area contributed by atoms with Gasteiger partial charge in [0.2, 0.25) is 0 Å². The molecule has 1 aliphatic rings. The number of hydrogen-bond donors (Lipinski definition) is 1. The second-order valence-electron chi connectivity index (χ2n) is 4.94. The fraction of sp³-hybridized carbons (Fsp3) is 0.357. The van der Waals surface area contributed by atoms with Gasteiger partial charge in [-0.15, -0.1) is 0 Å². The Labute approximate surface area is 111 Å². The lowest BCUT2D eigenvalue weighted by atomic mass is 10.1. The fourth-order valence-corrected chi connectivity index (χ4v) is 2.50. The summed E-state index contributed by atoms with van der Waals surface area (Å²) in [5.74, 6) is 0.377. The summed E-state index contributed by atoms with van der Waals surface area (Å²) in [4.78, 5) is 2.09. The van der Waals surface area contributed by atoms with Crippen LogP contribution in [0, 0.1) is 5.82 Å². The van der Waals surface area contributed by atoms with E-state index in [1.807, 2.05) is 12.1 Å². The van der Waals surface area contributed by atoms with Crippen molar-refractivity contribution in [2.24, 2.45) is 7.05 Å². The Kier molecular flexibility index (Phi) is 2.89. The van der Waals surface area contributed by atoms with Crippen LogP contribution in [0.25, 0.3) is 11.3 Å². The highest BCUT2D eigenvalue weighted by Gasteiger charge is 2.17. The molecule has 0 spiro atoms. The van der Waals surface area contributed by atoms with E-state index in [-0.39, 0.29) is 5.82 Å². The van der Waals surface area contributed by atoms with Crippen LogP contribution >= 0.6 is 0 Å². The molecule has 4 nitrogen and oxygen atoms in total. The van der Waals surface area contributed by atoms with Crippen LogP contribution in [0.15, 0.2) is 24.3 Å². The first-order valence-corrected chi connectivity index (χ1v) is 6.49. The van der Waals surface area contributed by atoms with Crippen molar-refractivity contribution in [1.29, 1.82) is 0 Å². The van der Waals surface area contributed by atoms with E-state index in [0.717, 1.165) is 31.5 Å². The maximum atomic E-state index is 14.2. The molecule has 0 bridgehead atoms. The minimum absolute atomic E-state index is 0.191. The van der Waals surface area contributed by atoms with Crippen LogP contribution in [0.1, 0.15) is 12.8 Å². The summed E-state index contributed by atoms with van der Waals surface area (Å²) in [5, 5.41) is 4.26. The van der Waals surface area contributed by atoms with Crippen molar-refractivity contribution in [3.8, 4) is 11.3 Å². The third-order valence-corrected chi connectivity index (χ3v) is 3.61. The molecule has 5 heteroatoms. The van der Waals surface area contributed by atoms with E-state index in [0.29, 0.717) is 17.2 Å². The third kappa shape index (κ3) is 2.16. The smallest absolute Gasteiger partial charge is 0.147 e. The van der Waals surface area contributed by atoms with E-state index >= 15 is 0 Å². The Morgan fingerprint density at radius 1 is 1.21 bits per heavy atom. The third-order valence-electron chi connectivity index (χ3n) is 3.61. The molecular formula is C14H17FN4. The topological polar surface area (TPSA) is 47.1 Å². The molecule has 0 aliphatic carbocycles. The molecule has 100 valence electrons. The lowest BCUT2D eigenvalue weighted by Gasteiger charge is -2.18. The second kappa shape index (κ2) is 4.57. The number of nitrogens with zero attached hydrogens (tertiary/aromatic N) is 3. The lowest BCUT2D eigenvalue weighted by molar-refractivity contribution is 0.623. The lowest BCUT2D eigenvalue weighted by Crippen LogP contribution is -2.18. The van der Waals surface area contributed by atoms with Crippen LogP contribution in [-0.2, 0) is 7.05 Å². The number of anilines is 2. The normalized spacial score (nSPS) is 15.2. The molecule has 1 aromatic heterocycles. The molecule has 2 N–H and O–H groups in total. The highest BCUT2D eigenvalue weighted by atomic mass is 19.1. The number of aromatic nitrogens is 2. The predicted molar refractivity (Wildman–Crippen MR) is 74.5 cm³/mol. The zero-order valence-corrected chi connectivity index (χ0v) is 10.9. The molecule has 1 saturated heterocycles. The number of benzene rings is 1. The van der Waals surface area contributed by atoms with Gasteiger partial charge >= 0.3 is 0 Å². The molecule has 0 amide bonds. The van der Waals surface area contributed by atoms with Gasteiger partial charge in [0.25, 0.3) is 0 Å². The predicted octanol–water partition coefficient (Wildman–Crippen LogP) is 2.41. The van der Waals surface area contributed by atoms with Crippen LogP contribution in [0.5, 0.6) is 0 Å². The summed E-state index contributed by atoms with van der Waals surface area (Å²) in [7, 11) is 1.77. The zero-order chi connectivity index (χ0) is 13.4. The van der Waals surface area contributed by atoms with Crippen molar-refractivity contribution in [3.05, 3.63) is 30.1 Å². The van der Waals surface area contributed by atoms with Gasteiger partial charge in [-0.1, -0.05) is 6.07 Å². The van der Waals surface area contributed by atoms with Gasteiger partial charge in [0.05, 0.1) is 11.4 Å². The molecule has 0 atom stereocenters. The van der Waals surface area contributed by atoms with Gasteiger partial charge < -0.3 is 10.6 Å². The maximum Gasteiger partial charge on any atom is 0.147 e. The number of nitrogen functional groups attached to an aromatic ring is 1. The van der Waals surface area contributed by atoms with E-state index in [4.69, 9.17) is 5.73 Å². The average molecular weight is 260 g/mol. The summed E-state index contributed by atoms with van der Waals surface area (Å²) in [6.45, 7) is 1.87. The number of hydrogen-bond acceptors (Lipinski definition) is 3. The van der Waals surface area contributed by atoms with Crippen molar-refractivity contribution in [2.45, 2.75) is 12.8 Å². The molecule has 3 rings (SSSR count). The van der Waals surface area contributed by atoms with Crippen molar-refractivity contribution in [1.82, 2.24) is 9.78 Å². The molecule has 0 radical (unpaired) electrons. The quantitative estimate of drug-likeness (QED) is 0.902. The summed E-state index contributed by atoms with van der Waals surface area (Å²) < 4.78 is 15.8. The van der Waals surface area contributed by atoms with Gasteiger partial charge in [0.1, 0.15) is 11.6 Å². The van der Waals surface area contributed by atoms with E-state index in [2.05, 4.69) is 10.00 Å². The van der Waals surface area contributed by atoms with Crippen molar-refractivity contribution in [3.63, 3.8) is 0 Å². The van der Waals surface area contributed by atoms with Crippen LogP contribution < -0.4 is 10.6 Å². The molecule has 1 aromatic carbocycles. The monoisotopic (exact) mass is 260 g/mol. The summed E-state index contributed by atoms with van der Waals surface area (Å²) in [6.07, 6.45) is 2.27. The van der Waals surface area contributed by atoms with Gasteiger partial charge in [-0.2, -0.15) is 5.10 Å². The highest BCUT2D eigenvalue weighted by Crippen LogP contribution is 2.28. The first kappa shape index (κ1) is 12.0. The minimum Gasteiger partial charge on any atom is -0.384 e. The molecule has 19 heavy (non-hydrogen) atoms. The standard InChI is InChI=1S/C14H17FN4/c1-18-14(16)9-12(17-18)10-4-5-13(11(15)8-10)19-6-2-3-7-19/h4-5,8-9H,2-3,6-7,16H2,1H3. The first-order valence-electron chi connectivity index (χ1n) is 6.49. The number of aryl methyl sites for hydroxylation is 1. The van der Waals surface area contributed by atoms with E-state index in [1.54, 1.807) is 17.8 Å². The number of halogens is 1. The van der Waals surface area contributed by atoms with Gasteiger partial charge in [0, 0.05) is 31.8 Å². The van der Waals surface area contributed by atoms with Gasteiger partial charge in [-0.25, -0.2) is 4.39 Å². The van der Waals surface area contributed by atoms with Crippen LogP contribution in [0.2, 0.25) is 0 Å². The van der Waals surface area contributed by atoms with Crippen molar-refractivity contribution in [2.75, 3.05) is 23.7 Å². The molecule has 0 unspecified atom stereocenters. The van der Waals surface area contributed by atoms with Gasteiger partial charge in [-0.05, 0) is 25.0 Å². The summed E-state index contributed by atoms with van der Waals surface area (Å²) >= 11 is 0. The van der Waals surface area contributed by atoms with Crippen molar-refractivity contribution < 1.29 is 4.39 Å². The molecular weight excluding hydrogens is 243 g/mol. The Morgan fingerprint density at radius 2 is 1.95 bits per heavy atom. The Morgan fingerprint density at radius 3 is 2.53 bits per heavy atom. The van der Waals surface area contributed by atoms with E-state index in [9.17, 15) is 4.39 Å². The maximum absolute atomic E-state index is 14.2. The largest absolute Gasteiger partial charge is 0.384 e. The summed E-state index contributed by atoms with van der Waals surface area (Å²) in [6, 6.07) is 7.03. The Bertz CT molecular complexity index is 580. The Balaban J connectivity index is 1.94. The second-order valence-corrected chi connectivity index (χ2v) is 4.94. The molecule has 2 heterocycles. The highest BCUT2D eigenvalue weighted by molar-refractivity contribution is 5.66. The average Bonchev–Trinajstić information content (AvgIpc) is 3.00. The fourth-order valence-electron chi connectivity index (χ4n) is 2.50. The molecule has 1 aliphatic heterocycles. The van der Waals surface area contributed by atoms with Crippen molar-refractivity contribution >= 4 is 11.5 Å². The molecule has 2 aromatic rings. The van der Waals surface area contributed by atoms with E-state index < -0.39 is 0 Å². The van der Waals surface area contributed by atoms with Crippen LogP contribution in [-0.4, -0.2) is 22.9 Å². The van der Waals surface area contributed by atoms with Crippen LogP contribution in [0.3, 0.4) is 0 Å². The Hall–Kier alpha value is -2.04. The SMILES string of the molecule is Cn1nc(-c2ccc(N3CCCC3)c(F)c2)cc1N. The summed E-state index contributed by atoms with van der Waals surface area (Å²) in [5.41, 5.74) is 7.89.